The fourth-order valence-corrected chi connectivity index (χ4v) is 2.80. The summed E-state index contributed by atoms with van der Waals surface area (Å²) in [6.07, 6.45) is 2.92. The second-order valence-electron chi connectivity index (χ2n) is 7.86. The van der Waals surface area contributed by atoms with E-state index in [1.165, 1.54) is 4.57 Å². The van der Waals surface area contributed by atoms with E-state index in [1.807, 2.05) is 24.3 Å². The molecule has 0 radical (unpaired) electrons. The van der Waals surface area contributed by atoms with Crippen LogP contribution in [0, 0.1) is 0 Å². The number of nitrogens with one attached hydrogen (secondary N) is 1. The van der Waals surface area contributed by atoms with E-state index in [0.717, 1.165) is 17.0 Å². The number of allylic oxidation sites excluding steroid dienone is 3. The summed E-state index contributed by atoms with van der Waals surface area (Å²) in [4.78, 5) is 24.9. The summed E-state index contributed by atoms with van der Waals surface area (Å²) in [6.45, 7) is 14.0. The van der Waals surface area contributed by atoms with Crippen molar-refractivity contribution in [3.05, 3.63) is 72.4 Å². The lowest BCUT2D eigenvalue weighted by molar-refractivity contribution is -0.120. The van der Waals surface area contributed by atoms with Crippen molar-refractivity contribution in [3.63, 3.8) is 0 Å². The fraction of sp³-hybridized carbons (Fsp3) is 0.304. The predicted molar refractivity (Wildman–Crippen MR) is 113 cm³/mol. The third-order valence-electron chi connectivity index (χ3n) is 4.04. The molecule has 2 rings (SSSR count). The Kier molecular flexibility index (Phi) is 6.80. The zero-order valence-electron chi connectivity index (χ0n) is 17.3. The van der Waals surface area contributed by atoms with Crippen molar-refractivity contribution in [1.82, 2.24) is 9.88 Å². The van der Waals surface area contributed by atoms with Crippen LogP contribution in [-0.2, 0) is 16.0 Å². The van der Waals surface area contributed by atoms with Gasteiger partial charge in [-0.15, -0.1) is 0 Å². The van der Waals surface area contributed by atoms with E-state index in [-0.39, 0.29) is 12.3 Å². The van der Waals surface area contributed by atoms with E-state index >= 15 is 0 Å². The van der Waals surface area contributed by atoms with Crippen LogP contribution in [0.1, 0.15) is 39.7 Å². The Bertz CT molecular complexity index is 993. The number of rotatable bonds is 6. The third-order valence-corrected chi connectivity index (χ3v) is 4.04. The summed E-state index contributed by atoms with van der Waals surface area (Å²) < 4.78 is 20.0. The van der Waals surface area contributed by atoms with Crippen LogP contribution in [0.15, 0.2) is 66.8 Å². The lowest BCUT2D eigenvalue weighted by Gasteiger charge is -2.19. The molecule has 154 valence electrons. The number of carbonyl (C=O) groups excluding carboxylic acids is 2. The summed E-state index contributed by atoms with van der Waals surface area (Å²) in [7, 11) is 0. The van der Waals surface area contributed by atoms with E-state index in [2.05, 4.69) is 18.5 Å². The van der Waals surface area contributed by atoms with Crippen molar-refractivity contribution in [3.8, 4) is 0 Å². The van der Waals surface area contributed by atoms with Crippen molar-refractivity contribution in [1.29, 1.82) is 0 Å². The lowest BCUT2D eigenvalue weighted by Crippen LogP contribution is -2.26. The highest BCUT2D eigenvalue weighted by atomic mass is 19.1. The van der Waals surface area contributed by atoms with Crippen molar-refractivity contribution in [2.24, 2.45) is 0 Å². The highest BCUT2D eigenvalue weighted by molar-refractivity contribution is 5.92. The number of amides is 1. The van der Waals surface area contributed by atoms with Gasteiger partial charge in [0, 0.05) is 23.7 Å². The Morgan fingerprint density at radius 1 is 1.24 bits per heavy atom. The average molecular weight is 398 g/mol. The van der Waals surface area contributed by atoms with Crippen molar-refractivity contribution >= 4 is 22.9 Å². The van der Waals surface area contributed by atoms with Crippen molar-refractivity contribution in [2.45, 2.75) is 46.1 Å². The monoisotopic (exact) mass is 398 g/mol. The zero-order chi connectivity index (χ0) is 21.8. The van der Waals surface area contributed by atoms with Gasteiger partial charge in [-0.1, -0.05) is 31.4 Å². The molecule has 1 N–H and O–H groups in total. The maximum atomic E-state index is 13.1. The minimum atomic E-state index is -0.663. The number of carbonyl (C=O) groups is 2. The van der Waals surface area contributed by atoms with E-state index in [0.29, 0.717) is 23.2 Å². The van der Waals surface area contributed by atoms with Gasteiger partial charge in [0.1, 0.15) is 11.4 Å². The van der Waals surface area contributed by atoms with Gasteiger partial charge in [-0.25, -0.2) is 9.18 Å². The smallest absolute Gasteiger partial charge is 0.419 e. The van der Waals surface area contributed by atoms with E-state index in [9.17, 15) is 14.0 Å². The zero-order valence-corrected chi connectivity index (χ0v) is 17.3. The number of para-hydroxylation sites is 1. The molecule has 1 amide bonds. The Morgan fingerprint density at radius 3 is 2.48 bits per heavy atom. The minimum absolute atomic E-state index is 0.158. The molecule has 0 saturated carbocycles. The topological polar surface area (TPSA) is 60.3 Å². The molecule has 0 aliphatic rings. The SMILES string of the molecule is C=C(F)/C=C(/NC(=O)CCc1cn(C(=O)OC(C)(C)C)c2ccccc12)C(=C)C. The summed E-state index contributed by atoms with van der Waals surface area (Å²) in [6, 6.07) is 7.45. The molecule has 1 aromatic heterocycles. The first-order chi connectivity index (χ1) is 13.5. The molecule has 2 aromatic rings. The van der Waals surface area contributed by atoms with Gasteiger partial charge in [0.15, 0.2) is 0 Å². The Balaban J connectivity index is 2.20. The Hall–Kier alpha value is -3.15. The van der Waals surface area contributed by atoms with Crippen LogP contribution in [0.2, 0.25) is 0 Å². The molecule has 0 aliphatic carbocycles. The van der Waals surface area contributed by atoms with Gasteiger partial charge in [-0.2, -0.15) is 0 Å². The number of hydrogen-bond acceptors (Lipinski definition) is 3. The van der Waals surface area contributed by atoms with Gasteiger partial charge in [0.25, 0.3) is 0 Å². The molecular weight excluding hydrogens is 371 g/mol. The van der Waals surface area contributed by atoms with Gasteiger partial charge in [0.2, 0.25) is 5.91 Å². The summed E-state index contributed by atoms with van der Waals surface area (Å²) in [5.74, 6) is -0.946. The molecule has 1 aromatic carbocycles. The molecule has 29 heavy (non-hydrogen) atoms. The van der Waals surface area contributed by atoms with Crippen LogP contribution in [0.3, 0.4) is 0 Å². The second-order valence-corrected chi connectivity index (χ2v) is 7.86. The average Bonchev–Trinajstić information content (AvgIpc) is 2.96. The summed E-state index contributed by atoms with van der Waals surface area (Å²) >= 11 is 0. The molecule has 5 nitrogen and oxygen atoms in total. The van der Waals surface area contributed by atoms with Gasteiger partial charge >= 0.3 is 6.09 Å². The highest BCUT2D eigenvalue weighted by Gasteiger charge is 2.21. The van der Waals surface area contributed by atoms with Crippen molar-refractivity contribution < 1.29 is 18.7 Å². The molecule has 6 heteroatoms. The number of halogens is 1. The summed E-state index contributed by atoms with van der Waals surface area (Å²) in [5.41, 5.74) is 1.76. The van der Waals surface area contributed by atoms with Crippen LogP contribution >= 0.6 is 0 Å². The standard InChI is InChI=1S/C23H27FN2O3/c1-15(2)19(13-16(3)24)25-21(27)12-11-17-14-26(22(28)29-23(4,5)6)20-10-8-7-9-18(17)20/h7-10,13-14H,1,3,11-12H2,2,4-6H3,(H,25,27)/b19-13+. The molecule has 0 spiro atoms. The molecule has 0 aliphatic heterocycles. The van der Waals surface area contributed by atoms with E-state index in [4.69, 9.17) is 4.74 Å². The maximum Gasteiger partial charge on any atom is 0.419 e. The quantitative estimate of drug-likeness (QED) is 0.661. The first kappa shape index (κ1) is 22.1. The predicted octanol–water partition coefficient (Wildman–Crippen LogP) is 5.42. The molecule has 0 unspecified atom stereocenters. The highest BCUT2D eigenvalue weighted by Crippen LogP contribution is 2.24. The van der Waals surface area contributed by atoms with Crippen LogP contribution in [0.25, 0.3) is 10.9 Å². The molecule has 1 heterocycles. The van der Waals surface area contributed by atoms with Gasteiger partial charge in [0.05, 0.1) is 5.52 Å². The number of aryl methyl sites for hydroxylation is 1. The van der Waals surface area contributed by atoms with Gasteiger partial charge < -0.3 is 10.1 Å². The van der Waals surface area contributed by atoms with E-state index < -0.39 is 17.5 Å². The molecule has 0 fully saturated rings. The normalized spacial score (nSPS) is 12.0. The first-order valence-corrected chi connectivity index (χ1v) is 9.32. The Morgan fingerprint density at radius 2 is 1.90 bits per heavy atom. The number of ether oxygens (including phenoxy) is 1. The number of aromatic nitrogens is 1. The second kappa shape index (κ2) is 8.90. The minimum Gasteiger partial charge on any atom is -0.443 e. The maximum absolute atomic E-state index is 13.1. The molecule has 0 saturated heterocycles. The van der Waals surface area contributed by atoms with Crippen LogP contribution < -0.4 is 5.32 Å². The first-order valence-electron chi connectivity index (χ1n) is 9.32. The van der Waals surface area contributed by atoms with Crippen molar-refractivity contribution in [2.75, 3.05) is 0 Å². The largest absolute Gasteiger partial charge is 0.443 e. The number of hydrogen-bond donors (Lipinski definition) is 1. The van der Waals surface area contributed by atoms with Crippen LogP contribution in [0.4, 0.5) is 9.18 Å². The lowest BCUT2D eigenvalue weighted by atomic mass is 10.1. The Labute approximate surface area is 170 Å². The van der Waals surface area contributed by atoms with E-state index in [1.54, 1.807) is 33.9 Å². The molecule has 0 bridgehead atoms. The number of benzene rings is 1. The van der Waals surface area contributed by atoms with Gasteiger partial charge in [-0.3, -0.25) is 9.36 Å². The summed E-state index contributed by atoms with van der Waals surface area (Å²) in [5, 5.41) is 3.52. The number of fused-ring (bicyclic) bond motifs is 1. The molecule has 0 atom stereocenters. The fourth-order valence-electron chi connectivity index (χ4n) is 2.80. The third kappa shape index (κ3) is 6.17. The van der Waals surface area contributed by atoms with Gasteiger partial charge in [-0.05, 0) is 57.4 Å². The number of nitrogens with zero attached hydrogens (tertiary/aromatic N) is 1. The molecular formula is C23H27FN2O3. The van der Waals surface area contributed by atoms with Crippen LogP contribution in [0.5, 0.6) is 0 Å². The van der Waals surface area contributed by atoms with Crippen LogP contribution in [-0.4, -0.2) is 22.2 Å².